The minimum Gasteiger partial charge on any atom is -0.394 e. The second-order valence-corrected chi connectivity index (χ2v) is 4.90. The second-order valence-electron chi connectivity index (χ2n) is 4.90. The van der Waals surface area contributed by atoms with E-state index < -0.39 is 23.0 Å². The van der Waals surface area contributed by atoms with Crippen LogP contribution in [0, 0.1) is 6.92 Å². The van der Waals surface area contributed by atoms with E-state index in [0.717, 1.165) is 0 Å². The number of aryl methyl sites for hydroxylation is 1. The highest BCUT2D eigenvalue weighted by atomic mass is 16.7. The summed E-state index contributed by atoms with van der Waals surface area (Å²) in [5.41, 5.74) is -0.995. The van der Waals surface area contributed by atoms with Gasteiger partial charge in [0.2, 0.25) is 0 Å². The van der Waals surface area contributed by atoms with Gasteiger partial charge in [0.15, 0.2) is 6.23 Å². The molecule has 0 aliphatic carbocycles. The summed E-state index contributed by atoms with van der Waals surface area (Å²) in [5.74, 6) is 0. The van der Waals surface area contributed by atoms with Gasteiger partial charge in [0, 0.05) is 25.2 Å². The van der Waals surface area contributed by atoms with Gasteiger partial charge in [0.25, 0.3) is 5.56 Å². The molecule has 18 heavy (non-hydrogen) atoms. The van der Waals surface area contributed by atoms with Gasteiger partial charge in [0.1, 0.15) is 0 Å². The first-order chi connectivity index (χ1) is 8.37. The standard InChI is InChI=1S/C11H17N3O4/c1-7-5-14(10(17)12-9(7)16)8-4-11(2,6-15)13(3)18-8/h5,8,15H,4,6H2,1-3H3,(H,12,16,17)/t8-,11-/m1/s1. The highest BCUT2D eigenvalue weighted by Crippen LogP contribution is 2.34. The van der Waals surface area contributed by atoms with E-state index in [4.69, 9.17) is 4.84 Å². The average Bonchev–Trinajstić information content (AvgIpc) is 2.61. The van der Waals surface area contributed by atoms with Gasteiger partial charge in [0.05, 0.1) is 12.1 Å². The molecule has 1 aliphatic rings. The topological polar surface area (TPSA) is 87.6 Å². The fourth-order valence-corrected chi connectivity index (χ4v) is 1.97. The van der Waals surface area contributed by atoms with Gasteiger partial charge in [-0.15, -0.1) is 0 Å². The molecule has 2 N–H and O–H groups in total. The zero-order chi connectivity index (χ0) is 13.5. The molecule has 1 aromatic heterocycles. The molecule has 0 spiro atoms. The minimum absolute atomic E-state index is 0.0723. The Kier molecular flexibility index (Phi) is 3.14. The Hall–Kier alpha value is -1.44. The van der Waals surface area contributed by atoms with E-state index in [0.29, 0.717) is 12.0 Å². The van der Waals surface area contributed by atoms with Crippen LogP contribution >= 0.6 is 0 Å². The monoisotopic (exact) mass is 255 g/mol. The number of nitrogens with zero attached hydrogens (tertiary/aromatic N) is 2. The first kappa shape index (κ1) is 13.0. The van der Waals surface area contributed by atoms with Crippen LogP contribution in [0.2, 0.25) is 0 Å². The molecule has 0 radical (unpaired) electrons. The molecule has 7 nitrogen and oxygen atoms in total. The van der Waals surface area contributed by atoms with Crippen LogP contribution in [0.3, 0.4) is 0 Å². The summed E-state index contributed by atoms with van der Waals surface area (Å²) < 4.78 is 1.34. The maximum atomic E-state index is 11.7. The van der Waals surface area contributed by atoms with Crippen LogP contribution in [-0.2, 0) is 4.84 Å². The number of nitrogens with one attached hydrogen (secondary N) is 1. The van der Waals surface area contributed by atoms with Crippen LogP contribution in [0.4, 0.5) is 0 Å². The normalized spacial score (nSPS) is 28.8. The van der Waals surface area contributed by atoms with E-state index in [1.54, 1.807) is 19.0 Å². The third kappa shape index (κ3) is 2.00. The first-order valence-corrected chi connectivity index (χ1v) is 5.71. The lowest BCUT2D eigenvalue weighted by Crippen LogP contribution is -2.40. The quantitative estimate of drug-likeness (QED) is 0.734. The Morgan fingerprint density at radius 2 is 2.28 bits per heavy atom. The molecular weight excluding hydrogens is 238 g/mol. The SMILES string of the molecule is Cc1cn([C@H]2C[C@](C)(CO)N(C)O2)c(=O)[nH]c1=O. The zero-order valence-corrected chi connectivity index (χ0v) is 10.6. The van der Waals surface area contributed by atoms with Gasteiger partial charge in [-0.1, -0.05) is 0 Å². The van der Waals surface area contributed by atoms with Crippen LogP contribution in [0.15, 0.2) is 15.8 Å². The van der Waals surface area contributed by atoms with Crippen molar-refractivity contribution in [2.75, 3.05) is 13.7 Å². The van der Waals surface area contributed by atoms with E-state index >= 15 is 0 Å². The Bertz CT molecular complexity index is 564. The lowest BCUT2D eigenvalue weighted by atomic mass is 9.99. The van der Waals surface area contributed by atoms with Crippen molar-refractivity contribution in [2.24, 2.45) is 0 Å². The molecule has 0 bridgehead atoms. The molecule has 2 atom stereocenters. The van der Waals surface area contributed by atoms with E-state index in [1.807, 2.05) is 6.92 Å². The summed E-state index contributed by atoms with van der Waals surface area (Å²) in [5, 5.41) is 10.9. The Morgan fingerprint density at radius 3 is 2.83 bits per heavy atom. The fourth-order valence-electron chi connectivity index (χ4n) is 1.97. The van der Waals surface area contributed by atoms with Crippen LogP contribution < -0.4 is 11.2 Å². The van der Waals surface area contributed by atoms with Gasteiger partial charge in [-0.05, 0) is 13.8 Å². The van der Waals surface area contributed by atoms with Gasteiger partial charge in [-0.25, -0.2) is 4.79 Å². The number of hydrogen-bond acceptors (Lipinski definition) is 5. The smallest absolute Gasteiger partial charge is 0.330 e. The van der Waals surface area contributed by atoms with Gasteiger partial charge in [-0.3, -0.25) is 19.2 Å². The van der Waals surface area contributed by atoms with Crippen molar-refractivity contribution in [3.63, 3.8) is 0 Å². The highest BCUT2D eigenvalue weighted by Gasteiger charge is 2.42. The molecule has 1 fully saturated rings. The van der Waals surface area contributed by atoms with Gasteiger partial charge in [-0.2, -0.15) is 5.06 Å². The summed E-state index contributed by atoms with van der Waals surface area (Å²) in [6.45, 7) is 3.40. The van der Waals surface area contributed by atoms with Crippen LogP contribution in [0.5, 0.6) is 0 Å². The van der Waals surface area contributed by atoms with E-state index in [-0.39, 0.29) is 6.61 Å². The number of likely N-dealkylation sites (N-methyl/N-ethyl adjacent to an activating group) is 1. The van der Waals surface area contributed by atoms with Crippen molar-refractivity contribution < 1.29 is 9.94 Å². The molecule has 1 aliphatic heterocycles. The third-order valence-corrected chi connectivity index (χ3v) is 3.45. The molecule has 7 heteroatoms. The lowest BCUT2D eigenvalue weighted by Gasteiger charge is -2.26. The minimum atomic E-state index is -0.534. The van der Waals surface area contributed by atoms with E-state index in [2.05, 4.69) is 4.98 Å². The van der Waals surface area contributed by atoms with Crippen molar-refractivity contribution in [3.8, 4) is 0 Å². The lowest BCUT2D eigenvalue weighted by molar-refractivity contribution is -0.190. The summed E-state index contributed by atoms with van der Waals surface area (Å²) in [6.07, 6.45) is 1.42. The largest absolute Gasteiger partial charge is 0.394 e. The number of hydrogen-bond donors (Lipinski definition) is 2. The van der Waals surface area contributed by atoms with Crippen LogP contribution in [0.25, 0.3) is 0 Å². The summed E-state index contributed by atoms with van der Waals surface area (Å²) in [6, 6.07) is 0. The fraction of sp³-hybridized carbons (Fsp3) is 0.636. The van der Waals surface area contributed by atoms with E-state index in [9.17, 15) is 14.7 Å². The maximum Gasteiger partial charge on any atom is 0.330 e. The number of H-pyrrole nitrogens is 1. The maximum absolute atomic E-state index is 11.7. The Morgan fingerprint density at radius 1 is 1.61 bits per heavy atom. The predicted molar refractivity (Wildman–Crippen MR) is 64.1 cm³/mol. The van der Waals surface area contributed by atoms with E-state index in [1.165, 1.54) is 10.8 Å². The van der Waals surface area contributed by atoms with Gasteiger partial charge < -0.3 is 5.11 Å². The molecule has 0 unspecified atom stereocenters. The first-order valence-electron chi connectivity index (χ1n) is 5.71. The molecule has 1 aromatic rings. The number of hydroxylamine groups is 2. The van der Waals surface area contributed by atoms with Gasteiger partial charge >= 0.3 is 5.69 Å². The molecule has 0 aromatic carbocycles. The van der Waals surface area contributed by atoms with Crippen molar-refractivity contribution in [2.45, 2.75) is 32.0 Å². The van der Waals surface area contributed by atoms with Crippen LogP contribution in [0.1, 0.15) is 25.1 Å². The molecule has 0 saturated carbocycles. The number of aliphatic hydroxyl groups is 1. The van der Waals surface area contributed by atoms with Crippen LogP contribution in [-0.4, -0.2) is 38.9 Å². The average molecular weight is 255 g/mol. The molecule has 0 amide bonds. The molecule has 2 heterocycles. The zero-order valence-electron chi connectivity index (χ0n) is 10.6. The number of rotatable bonds is 2. The summed E-state index contributed by atoms with van der Waals surface area (Å²) in [4.78, 5) is 30.8. The van der Waals surface area contributed by atoms with Crippen molar-refractivity contribution in [1.82, 2.24) is 14.6 Å². The van der Waals surface area contributed by atoms with Crippen molar-refractivity contribution in [3.05, 3.63) is 32.6 Å². The van der Waals surface area contributed by atoms with Crippen molar-refractivity contribution in [1.29, 1.82) is 0 Å². The summed E-state index contributed by atoms with van der Waals surface area (Å²) in [7, 11) is 1.71. The predicted octanol–water partition coefficient (Wildman–Crippen LogP) is -0.638. The Balaban J connectivity index is 2.38. The third-order valence-electron chi connectivity index (χ3n) is 3.45. The highest BCUT2D eigenvalue weighted by molar-refractivity contribution is 5.02. The molecule has 2 rings (SSSR count). The Labute approximate surface area is 104 Å². The molecule has 100 valence electrons. The number of aromatic amines is 1. The number of aliphatic hydroxyl groups excluding tert-OH is 1. The molecule has 1 saturated heterocycles. The number of aromatic nitrogens is 2. The molecular formula is C11H17N3O4. The van der Waals surface area contributed by atoms with Crippen molar-refractivity contribution >= 4 is 0 Å². The second kappa shape index (κ2) is 4.34. The summed E-state index contributed by atoms with van der Waals surface area (Å²) >= 11 is 0.